The van der Waals surface area contributed by atoms with E-state index >= 15 is 0 Å². The number of hydrogen-bond donors (Lipinski definition) is 1. The average molecular weight is 264 g/mol. The summed E-state index contributed by atoms with van der Waals surface area (Å²) in [5.41, 5.74) is 3.34. The van der Waals surface area contributed by atoms with Crippen LogP contribution in [0.15, 0.2) is 54.6 Å². The maximum atomic E-state index is 11.5. The molecule has 1 N–H and O–H groups in total. The van der Waals surface area contributed by atoms with Crippen molar-refractivity contribution in [3.63, 3.8) is 0 Å². The van der Waals surface area contributed by atoms with Gasteiger partial charge in [0.05, 0.1) is 5.57 Å². The highest BCUT2D eigenvalue weighted by atomic mass is 16.4. The summed E-state index contributed by atoms with van der Waals surface area (Å²) in [5.74, 6) is -0.221. The molecule has 0 atom stereocenters. The zero-order chi connectivity index (χ0) is 13.9. The van der Waals surface area contributed by atoms with Gasteiger partial charge in [0.15, 0.2) is 0 Å². The normalized spacial score (nSPS) is 15.1. The van der Waals surface area contributed by atoms with Gasteiger partial charge >= 0.3 is 5.97 Å². The molecule has 3 rings (SSSR count). The van der Waals surface area contributed by atoms with Crippen LogP contribution in [0.2, 0.25) is 0 Å². The van der Waals surface area contributed by atoms with Gasteiger partial charge in [-0.3, -0.25) is 0 Å². The number of aliphatic carboxylic acids is 1. The summed E-state index contributed by atoms with van der Waals surface area (Å²) >= 11 is 0. The fourth-order valence-electron chi connectivity index (χ4n) is 2.37. The Kier molecular flexibility index (Phi) is 3.38. The summed E-state index contributed by atoms with van der Waals surface area (Å²) in [5, 5.41) is 9.41. The molecule has 0 radical (unpaired) electrons. The molecular formula is C18H16O2. The topological polar surface area (TPSA) is 37.3 Å². The van der Waals surface area contributed by atoms with Gasteiger partial charge in [0.25, 0.3) is 0 Å². The van der Waals surface area contributed by atoms with E-state index in [4.69, 9.17) is 0 Å². The molecule has 100 valence electrons. The van der Waals surface area contributed by atoms with Crippen molar-refractivity contribution in [2.45, 2.75) is 18.8 Å². The highest BCUT2D eigenvalue weighted by molar-refractivity contribution is 6.20. The standard InChI is InChI=1S/C18H16O2/c19-18(20)17(15-6-2-1-3-7-15)12-13-5-4-8-16(11-13)14-9-10-14/h1-8,11-12,14H,9-10H2,(H,19,20)/b17-12+. The van der Waals surface area contributed by atoms with Gasteiger partial charge in [0, 0.05) is 0 Å². The molecule has 1 aliphatic carbocycles. The van der Waals surface area contributed by atoms with E-state index in [-0.39, 0.29) is 0 Å². The van der Waals surface area contributed by atoms with E-state index in [1.165, 1.54) is 18.4 Å². The van der Waals surface area contributed by atoms with Gasteiger partial charge in [0.1, 0.15) is 0 Å². The van der Waals surface area contributed by atoms with E-state index < -0.39 is 5.97 Å². The summed E-state index contributed by atoms with van der Waals surface area (Å²) in [6.45, 7) is 0. The zero-order valence-electron chi connectivity index (χ0n) is 11.1. The molecule has 2 aromatic carbocycles. The van der Waals surface area contributed by atoms with Crippen LogP contribution >= 0.6 is 0 Å². The molecule has 2 heteroatoms. The highest BCUT2D eigenvalue weighted by Crippen LogP contribution is 2.40. The second-order valence-electron chi connectivity index (χ2n) is 5.17. The Morgan fingerprint density at radius 3 is 2.45 bits per heavy atom. The van der Waals surface area contributed by atoms with Crippen LogP contribution < -0.4 is 0 Å². The van der Waals surface area contributed by atoms with Crippen molar-refractivity contribution in [3.8, 4) is 0 Å². The smallest absolute Gasteiger partial charge is 0.336 e. The first-order valence-corrected chi connectivity index (χ1v) is 6.84. The monoisotopic (exact) mass is 264 g/mol. The lowest BCUT2D eigenvalue weighted by Gasteiger charge is -2.04. The van der Waals surface area contributed by atoms with Crippen LogP contribution in [0.5, 0.6) is 0 Å². The van der Waals surface area contributed by atoms with E-state index in [0.29, 0.717) is 11.5 Å². The maximum Gasteiger partial charge on any atom is 0.336 e. The SMILES string of the molecule is O=C(O)/C(=C/c1cccc(C2CC2)c1)c1ccccc1. The van der Waals surface area contributed by atoms with Crippen molar-refractivity contribution in [2.24, 2.45) is 0 Å². The molecular weight excluding hydrogens is 248 g/mol. The third-order valence-electron chi connectivity index (χ3n) is 3.59. The Bertz CT molecular complexity index is 652. The predicted molar refractivity (Wildman–Crippen MR) is 80.4 cm³/mol. The molecule has 0 amide bonds. The van der Waals surface area contributed by atoms with Crippen molar-refractivity contribution < 1.29 is 9.90 Å². The van der Waals surface area contributed by atoms with E-state index in [1.807, 2.05) is 42.5 Å². The second-order valence-corrected chi connectivity index (χ2v) is 5.17. The number of carboxylic acid groups (broad SMARTS) is 1. The Morgan fingerprint density at radius 2 is 1.80 bits per heavy atom. The molecule has 0 spiro atoms. The van der Waals surface area contributed by atoms with Gasteiger partial charge in [-0.05, 0) is 41.5 Å². The lowest BCUT2D eigenvalue weighted by atomic mass is 10.0. The molecule has 0 unspecified atom stereocenters. The fraction of sp³-hybridized carbons (Fsp3) is 0.167. The Hall–Kier alpha value is -2.35. The van der Waals surface area contributed by atoms with E-state index in [9.17, 15) is 9.90 Å². The fourth-order valence-corrected chi connectivity index (χ4v) is 2.37. The quantitative estimate of drug-likeness (QED) is 0.664. The number of hydrogen-bond acceptors (Lipinski definition) is 1. The summed E-state index contributed by atoms with van der Waals surface area (Å²) in [6, 6.07) is 17.4. The van der Waals surface area contributed by atoms with E-state index in [1.54, 1.807) is 6.08 Å². The first-order chi connectivity index (χ1) is 9.74. The van der Waals surface area contributed by atoms with Crippen molar-refractivity contribution in [2.75, 3.05) is 0 Å². The molecule has 0 heterocycles. The molecule has 1 fully saturated rings. The van der Waals surface area contributed by atoms with Crippen molar-refractivity contribution >= 4 is 17.6 Å². The summed E-state index contributed by atoms with van der Waals surface area (Å²) in [6.07, 6.45) is 4.25. The minimum absolute atomic E-state index is 0.332. The van der Waals surface area contributed by atoms with Crippen LogP contribution in [0.1, 0.15) is 35.4 Å². The summed E-state index contributed by atoms with van der Waals surface area (Å²) in [4.78, 5) is 11.5. The number of benzene rings is 2. The molecule has 1 saturated carbocycles. The van der Waals surface area contributed by atoms with Crippen LogP contribution in [0.4, 0.5) is 0 Å². The van der Waals surface area contributed by atoms with Crippen molar-refractivity contribution in [1.29, 1.82) is 0 Å². The largest absolute Gasteiger partial charge is 0.478 e. The predicted octanol–water partition coefficient (Wildman–Crippen LogP) is 4.19. The minimum Gasteiger partial charge on any atom is -0.478 e. The number of rotatable bonds is 4. The lowest BCUT2D eigenvalue weighted by molar-refractivity contribution is -0.130. The van der Waals surface area contributed by atoms with Crippen molar-refractivity contribution in [1.82, 2.24) is 0 Å². The van der Waals surface area contributed by atoms with E-state index in [0.717, 1.165) is 11.1 Å². The molecule has 2 nitrogen and oxygen atoms in total. The third-order valence-corrected chi connectivity index (χ3v) is 3.59. The van der Waals surface area contributed by atoms with Gasteiger partial charge in [-0.15, -0.1) is 0 Å². The van der Waals surface area contributed by atoms with Gasteiger partial charge in [-0.2, -0.15) is 0 Å². The zero-order valence-corrected chi connectivity index (χ0v) is 11.1. The molecule has 1 aliphatic rings. The third kappa shape index (κ3) is 2.80. The van der Waals surface area contributed by atoms with Crippen LogP contribution in [0.3, 0.4) is 0 Å². The first kappa shape index (κ1) is 12.7. The molecule has 0 saturated heterocycles. The van der Waals surface area contributed by atoms with Gasteiger partial charge in [0.2, 0.25) is 0 Å². The van der Waals surface area contributed by atoms with Gasteiger partial charge in [-0.25, -0.2) is 4.79 Å². The lowest BCUT2D eigenvalue weighted by Crippen LogP contribution is -1.99. The summed E-state index contributed by atoms with van der Waals surface area (Å²) < 4.78 is 0. The van der Waals surface area contributed by atoms with Crippen LogP contribution in [0, 0.1) is 0 Å². The molecule has 0 aromatic heterocycles. The minimum atomic E-state index is -0.895. The molecule has 0 bridgehead atoms. The van der Waals surface area contributed by atoms with Gasteiger partial charge < -0.3 is 5.11 Å². The Labute approximate surface area is 118 Å². The summed E-state index contributed by atoms with van der Waals surface area (Å²) in [7, 11) is 0. The number of carbonyl (C=O) groups is 1. The van der Waals surface area contributed by atoms with E-state index in [2.05, 4.69) is 12.1 Å². The average Bonchev–Trinajstić information content (AvgIpc) is 3.30. The molecule has 2 aromatic rings. The Morgan fingerprint density at radius 1 is 1.05 bits per heavy atom. The Balaban J connectivity index is 1.98. The second kappa shape index (κ2) is 5.33. The van der Waals surface area contributed by atoms with Gasteiger partial charge in [-0.1, -0.05) is 54.6 Å². The molecule has 20 heavy (non-hydrogen) atoms. The highest BCUT2D eigenvalue weighted by Gasteiger charge is 2.23. The van der Waals surface area contributed by atoms with Crippen LogP contribution in [-0.4, -0.2) is 11.1 Å². The van der Waals surface area contributed by atoms with Crippen LogP contribution in [0.25, 0.3) is 11.6 Å². The first-order valence-electron chi connectivity index (χ1n) is 6.84. The van der Waals surface area contributed by atoms with Crippen LogP contribution in [-0.2, 0) is 4.79 Å². The maximum absolute atomic E-state index is 11.5. The molecule has 0 aliphatic heterocycles. The van der Waals surface area contributed by atoms with Crippen molar-refractivity contribution in [3.05, 3.63) is 71.3 Å². The number of carboxylic acids is 1.